The highest BCUT2D eigenvalue weighted by molar-refractivity contribution is 6.00. The summed E-state index contributed by atoms with van der Waals surface area (Å²) in [5.74, 6) is -0.677. The van der Waals surface area contributed by atoms with Gasteiger partial charge in [0.15, 0.2) is 6.61 Å². The number of amides is 1. The van der Waals surface area contributed by atoms with E-state index in [0.717, 1.165) is 32.4 Å². The molecule has 1 amide bonds. The third-order valence-corrected chi connectivity index (χ3v) is 5.64. The van der Waals surface area contributed by atoms with Gasteiger partial charge >= 0.3 is 5.97 Å². The zero-order valence-corrected chi connectivity index (χ0v) is 19.6. The minimum Gasteiger partial charge on any atom is -0.494 e. The van der Waals surface area contributed by atoms with Gasteiger partial charge in [-0.1, -0.05) is 0 Å². The fourth-order valence-corrected chi connectivity index (χ4v) is 3.94. The van der Waals surface area contributed by atoms with Crippen LogP contribution in [0, 0.1) is 21.4 Å². The van der Waals surface area contributed by atoms with Gasteiger partial charge in [0, 0.05) is 37.5 Å². The van der Waals surface area contributed by atoms with Crippen LogP contribution in [0.15, 0.2) is 42.5 Å². The van der Waals surface area contributed by atoms with Crippen LogP contribution in [-0.4, -0.2) is 49.6 Å². The number of hydrogen-bond donors (Lipinski definition) is 0. The lowest BCUT2D eigenvalue weighted by Gasteiger charge is -2.30. The number of carbonyl (C=O) groups is 2. The van der Waals surface area contributed by atoms with Crippen molar-refractivity contribution in [3.8, 4) is 11.8 Å². The van der Waals surface area contributed by atoms with E-state index in [1.807, 2.05) is 17.9 Å². The first-order valence-corrected chi connectivity index (χ1v) is 11.5. The Morgan fingerprint density at radius 1 is 1.14 bits per heavy atom. The number of nitrogens with zero attached hydrogens (tertiary/aromatic N) is 4. The Morgan fingerprint density at radius 3 is 2.49 bits per heavy atom. The molecule has 2 aromatic rings. The van der Waals surface area contributed by atoms with E-state index in [0.29, 0.717) is 23.7 Å². The molecule has 0 unspecified atom stereocenters. The fourth-order valence-electron chi connectivity index (χ4n) is 3.94. The first-order chi connectivity index (χ1) is 16.9. The van der Waals surface area contributed by atoms with Crippen molar-refractivity contribution in [2.45, 2.75) is 32.6 Å². The molecule has 0 saturated carbocycles. The summed E-state index contributed by atoms with van der Waals surface area (Å²) >= 11 is 0. The van der Waals surface area contributed by atoms with E-state index in [9.17, 15) is 19.7 Å². The highest BCUT2D eigenvalue weighted by Crippen LogP contribution is 2.29. The number of hydrogen-bond acceptors (Lipinski definition) is 8. The number of esters is 1. The van der Waals surface area contributed by atoms with Gasteiger partial charge in [-0.3, -0.25) is 14.9 Å². The van der Waals surface area contributed by atoms with E-state index in [4.69, 9.17) is 14.7 Å². The molecule has 1 heterocycles. The molecule has 35 heavy (non-hydrogen) atoms. The van der Waals surface area contributed by atoms with Crippen molar-refractivity contribution in [2.75, 3.05) is 42.6 Å². The van der Waals surface area contributed by atoms with Crippen LogP contribution in [-0.2, 0) is 9.53 Å². The average Bonchev–Trinajstić information content (AvgIpc) is 2.88. The Bertz CT molecular complexity index is 1090. The lowest BCUT2D eigenvalue weighted by molar-refractivity contribution is -0.384. The minimum atomic E-state index is -0.811. The maximum absolute atomic E-state index is 13.0. The largest absolute Gasteiger partial charge is 0.494 e. The molecule has 0 spiro atoms. The molecule has 2 aromatic carbocycles. The van der Waals surface area contributed by atoms with Gasteiger partial charge in [0.05, 0.1) is 35.3 Å². The van der Waals surface area contributed by atoms with Crippen molar-refractivity contribution in [1.29, 1.82) is 5.26 Å². The number of non-ortho nitro benzene ring substituents is 1. The fraction of sp³-hybridized carbons (Fsp3) is 0.400. The first kappa shape index (κ1) is 25.5. The van der Waals surface area contributed by atoms with Gasteiger partial charge in [-0.25, -0.2) is 4.79 Å². The van der Waals surface area contributed by atoms with Crippen molar-refractivity contribution in [3.63, 3.8) is 0 Å². The number of nitriles is 1. The SMILES string of the molecule is CCOc1ccc(N(CCC#N)C(=O)COC(=O)c2cc([N+](=O)[O-])ccc2N2CCCCC2)cc1. The normalized spacial score (nSPS) is 13.0. The van der Waals surface area contributed by atoms with Crippen LogP contribution in [0.1, 0.15) is 43.0 Å². The predicted molar refractivity (Wildman–Crippen MR) is 130 cm³/mol. The van der Waals surface area contributed by atoms with E-state index in [1.165, 1.54) is 17.0 Å². The van der Waals surface area contributed by atoms with Gasteiger partial charge in [-0.15, -0.1) is 0 Å². The van der Waals surface area contributed by atoms with Crippen molar-refractivity contribution in [1.82, 2.24) is 0 Å². The van der Waals surface area contributed by atoms with Crippen LogP contribution >= 0.6 is 0 Å². The lowest BCUT2D eigenvalue weighted by Crippen LogP contribution is -2.36. The highest BCUT2D eigenvalue weighted by atomic mass is 16.6. The second-order valence-corrected chi connectivity index (χ2v) is 7.96. The molecule has 0 N–H and O–H groups in total. The summed E-state index contributed by atoms with van der Waals surface area (Å²) < 4.78 is 10.7. The van der Waals surface area contributed by atoms with E-state index >= 15 is 0 Å². The molecule has 1 saturated heterocycles. The molecular formula is C25H28N4O6. The molecular weight excluding hydrogens is 452 g/mol. The standard InChI is InChI=1S/C25H28N4O6/c1-2-34-21-10-7-19(8-11-21)28(16-6-13-26)24(30)18-35-25(31)22-17-20(29(32)33)9-12-23(22)27-14-4-3-5-15-27/h7-12,17H,2-6,14-16,18H2,1H3. The van der Waals surface area contributed by atoms with Crippen LogP contribution < -0.4 is 14.5 Å². The van der Waals surface area contributed by atoms with Gasteiger partial charge in [0.1, 0.15) is 5.75 Å². The summed E-state index contributed by atoms with van der Waals surface area (Å²) in [6, 6.07) is 12.9. The smallest absolute Gasteiger partial charge is 0.341 e. The van der Waals surface area contributed by atoms with Crippen LogP contribution in [0.3, 0.4) is 0 Å². The van der Waals surface area contributed by atoms with Crippen molar-refractivity contribution < 1.29 is 24.0 Å². The van der Waals surface area contributed by atoms with Crippen molar-refractivity contribution in [2.24, 2.45) is 0 Å². The van der Waals surface area contributed by atoms with E-state index in [2.05, 4.69) is 0 Å². The van der Waals surface area contributed by atoms with Crippen LogP contribution in [0.25, 0.3) is 0 Å². The molecule has 0 radical (unpaired) electrons. The van der Waals surface area contributed by atoms with E-state index in [1.54, 1.807) is 30.3 Å². The van der Waals surface area contributed by atoms with Crippen molar-refractivity contribution >= 4 is 28.9 Å². The summed E-state index contributed by atoms with van der Waals surface area (Å²) in [5.41, 5.74) is 0.919. The average molecular weight is 481 g/mol. The monoisotopic (exact) mass is 480 g/mol. The predicted octanol–water partition coefficient (Wildman–Crippen LogP) is 4.09. The Hall–Kier alpha value is -4.13. The van der Waals surface area contributed by atoms with Gasteiger partial charge in [0.2, 0.25) is 0 Å². The Labute approximate surface area is 203 Å². The number of piperidine rings is 1. The van der Waals surface area contributed by atoms with Crippen LogP contribution in [0.2, 0.25) is 0 Å². The number of ether oxygens (including phenoxy) is 2. The second-order valence-electron chi connectivity index (χ2n) is 7.96. The van der Waals surface area contributed by atoms with Crippen LogP contribution in [0.4, 0.5) is 17.1 Å². The molecule has 3 rings (SSSR count). The number of carbonyl (C=O) groups excluding carboxylic acids is 2. The molecule has 184 valence electrons. The maximum atomic E-state index is 13.0. The number of nitro benzene ring substituents is 1. The van der Waals surface area contributed by atoms with Gasteiger partial charge < -0.3 is 19.3 Å². The maximum Gasteiger partial charge on any atom is 0.341 e. The zero-order chi connectivity index (χ0) is 25.2. The lowest BCUT2D eigenvalue weighted by atomic mass is 10.1. The molecule has 0 aromatic heterocycles. The van der Waals surface area contributed by atoms with E-state index < -0.39 is 23.4 Å². The van der Waals surface area contributed by atoms with Crippen LogP contribution in [0.5, 0.6) is 5.75 Å². The molecule has 1 fully saturated rings. The summed E-state index contributed by atoms with van der Waals surface area (Å²) in [7, 11) is 0. The topological polar surface area (TPSA) is 126 Å². The quantitative estimate of drug-likeness (QED) is 0.283. The van der Waals surface area contributed by atoms with Gasteiger partial charge in [0.25, 0.3) is 11.6 Å². The Balaban J connectivity index is 1.77. The molecule has 0 bridgehead atoms. The molecule has 1 aliphatic rings. The molecule has 1 aliphatic heterocycles. The molecule has 0 atom stereocenters. The molecule has 0 aliphatic carbocycles. The molecule has 10 heteroatoms. The number of anilines is 2. The van der Waals surface area contributed by atoms with Gasteiger partial charge in [-0.2, -0.15) is 5.26 Å². The Kier molecular flexibility index (Phi) is 9.01. The Morgan fingerprint density at radius 2 is 1.86 bits per heavy atom. The zero-order valence-electron chi connectivity index (χ0n) is 19.6. The summed E-state index contributed by atoms with van der Waals surface area (Å²) in [6.07, 6.45) is 3.10. The number of nitro groups is 1. The summed E-state index contributed by atoms with van der Waals surface area (Å²) in [5, 5.41) is 20.3. The summed E-state index contributed by atoms with van der Waals surface area (Å²) in [6.45, 7) is 3.39. The van der Waals surface area contributed by atoms with E-state index in [-0.39, 0.29) is 24.2 Å². The third kappa shape index (κ3) is 6.69. The van der Waals surface area contributed by atoms with Crippen molar-refractivity contribution in [3.05, 3.63) is 58.1 Å². The first-order valence-electron chi connectivity index (χ1n) is 11.5. The summed E-state index contributed by atoms with van der Waals surface area (Å²) in [4.78, 5) is 40.0. The number of rotatable bonds is 10. The highest BCUT2D eigenvalue weighted by Gasteiger charge is 2.24. The number of benzene rings is 2. The third-order valence-electron chi connectivity index (χ3n) is 5.64. The minimum absolute atomic E-state index is 0.0542. The molecule has 10 nitrogen and oxygen atoms in total. The second kappa shape index (κ2) is 12.4. The van der Waals surface area contributed by atoms with Gasteiger partial charge in [-0.05, 0) is 56.5 Å².